The van der Waals surface area contributed by atoms with Gasteiger partial charge in [0.2, 0.25) is 5.91 Å². The number of hydrogen-bond acceptors (Lipinski definition) is 4. The smallest absolute Gasteiger partial charge is 0.254 e. The molecule has 3 aliphatic rings. The summed E-state index contributed by atoms with van der Waals surface area (Å²) < 4.78 is 0. The molecule has 3 aliphatic carbocycles. The van der Waals surface area contributed by atoms with Crippen LogP contribution in [-0.2, 0) is 24.2 Å². The fraction of sp³-hybridized carbons (Fsp3) is 0.500. The van der Waals surface area contributed by atoms with E-state index in [-0.39, 0.29) is 17.7 Å². The Morgan fingerprint density at radius 1 is 1.03 bits per heavy atom. The number of amides is 2. The Bertz CT molecular complexity index is 931. The topological polar surface area (TPSA) is 70.2 Å². The summed E-state index contributed by atoms with van der Waals surface area (Å²) in [5, 5.41) is 10.6. The third-order valence-electron chi connectivity index (χ3n) is 6.36. The average Bonchev–Trinajstić information content (AvgIpc) is 3.67. The summed E-state index contributed by atoms with van der Waals surface area (Å²) in [5.74, 6) is 0.817. The third kappa shape index (κ3) is 4.60. The number of benzene rings is 1. The van der Waals surface area contributed by atoms with E-state index < -0.39 is 0 Å². The number of carbonyl (C=O) groups excluding carboxylic acids is 2. The van der Waals surface area contributed by atoms with Gasteiger partial charge in [-0.05, 0) is 62.0 Å². The fourth-order valence-electron chi connectivity index (χ4n) is 4.15. The largest absolute Gasteiger partial charge is 0.352 e. The second-order valence-corrected chi connectivity index (χ2v) is 10.0. The summed E-state index contributed by atoms with van der Waals surface area (Å²) in [7, 11) is 0. The molecule has 2 aromatic rings. The molecular formula is C24H29N3O2S. The molecule has 1 aromatic heterocycles. The van der Waals surface area contributed by atoms with E-state index in [9.17, 15) is 9.59 Å². The number of rotatable bonds is 8. The first-order chi connectivity index (χ1) is 14.7. The van der Waals surface area contributed by atoms with E-state index in [2.05, 4.69) is 40.2 Å². The average molecular weight is 424 g/mol. The predicted molar refractivity (Wildman–Crippen MR) is 120 cm³/mol. The molecule has 1 aromatic carbocycles. The minimum absolute atomic E-state index is 0.0193. The Hall–Kier alpha value is -2.18. The highest BCUT2D eigenvalue weighted by atomic mass is 32.1. The van der Waals surface area contributed by atoms with Crippen molar-refractivity contribution in [1.29, 1.82) is 0 Å². The first-order valence-electron chi connectivity index (χ1n) is 11.2. The van der Waals surface area contributed by atoms with E-state index in [4.69, 9.17) is 0 Å². The molecule has 5 rings (SSSR count). The summed E-state index contributed by atoms with van der Waals surface area (Å²) in [5.41, 5.74) is 3.13. The van der Waals surface area contributed by atoms with Gasteiger partial charge in [-0.3, -0.25) is 9.59 Å². The van der Waals surface area contributed by atoms with Gasteiger partial charge in [0.25, 0.3) is 5.91 Å². The van der Waals surface area contributed by atoms with Crippen molar-refractivity contribution in [3.05, 3.63) is 51.9 Å². The molecule has 0 spiro atoms. The van der Waals surface area contributed by atoms with Crippen LogP contribution in [0.2, 0.25) is 0 Å². The maximum atomic E-state index is 13.1. The summed E-state index contributed by atoms with van der Waals surface area (Å²) in [4.78, 5) is 26.8. The highest BCUT2D eigenvalue weighted by Crippen LogP contribution is 2.40. The predicted octanol–water partition coefficient (Wildman–Crippen LogP) is 3.88. The summed E-state index contributed by atoms with van der Waals surface area (Å²) in [6.45, 7) is 1.58. The van der Waals surface area contributed by atoms with Crippen LogP contribution in [0.3, 0.4) is 0 Å². The second kappa shape index (κ2) is 8.52. The van der Waals surface area contributed by atoms with Gasteiger partial charge in [0.05, 0.1) is 5.56 Å². The molecule has 6 heteroatoms. The van der Waals surface area contributed by atoms with Gasteiger partial charge < -0.3 is 16.0 Å². The van der Waals surface area contributed by atoms with E-state index in [1.807, 2.05) is 6.07 Å². The Morgan fingerprint density at radius 2 is 1.83 bits per heavy atom. The number of hydrogen-bond donors (Lipinski definition) is 3. The van der Waals surface area contributed by atoms with Crippen molar-refractivity contribution in [2.45, 2.75) is 57.5 Å². The van der Waals surface area contributed by atoms with Crippen LogP contribution >= 0.6 is 11.3 Å². The first-order valence-corrected chi connectivity index (χ1v) is 12.0. The standard InChI is InChI=1S/C24H29N3O2S/c28-22(17-8-9-17)27-24-21(23(29)26-14-16-6-7-16)19-12-18(10-11-20(19)30-24)25-13-15-4-2-1-3-5-15/h1-5,16-18,25H,6-14H2,(H,26,29)(H,27,28). The van der Waals surface area contributed by atoms with Crippen LogP contribution in [0.15, 0.2) is 30.3 Å². The number of thiophene rings is 1. The molecule has 0 bridgehead atoms. The minimum Gasteiger partial charge on any atom is -0.352 e. The Morgan fingerprint density at radius 3 is 2.57 bits per heavy atom. The molecule has 0 aliphatic heterocycles. The number of fused-ring (bicyclic) bond motifs is 1. The van der Waals surface area contributed by atoms with E-state index in [1.54, 1.807) is 11.3 Å². The second-order valence-electron chi connectivity index (χ2n) is 8.93. The molecular weight excluding hydrogens is 394 g/mol. The lowest BCUT2D eigenvalue weighted by Crippen LogP contribution is -2.35. The van der Waals surface area contributed by atoms with Crippen LogP contribution in [0.25, 0.3) is 0 Å². The van der Waals surface area contributed by atoms with Crippen LogP contribution in [0, 0.1) is 11.8 Å². The van der Waals surface area contributed by atoms with E-state index in [0.29, 0.717) is 12.0 Å². The summed E-state index contributed by atoms with van der Waals surface area (Å²) >= 11 is 1.61. The van der Waals surface area contributed by atoms with Crippen molar-refractivity contribution < 1.29 is 9.59 Å². The molecule has 1 unspecified atom stereocenters. The van der Waals surface area contributed by atoms with Gasteiger partial charge in [0, 0.05) is 29.9 Å². The molecule has 1 heterocycles. The molecule has 1 atom stereocenters. The maximum absolute atomic E-state index is 13.1. The molecule has 0 saturated heterocycles. The molecule has 2 amide bonds. The highest BCUT2D eigenvalue weighted by Gasteiger charge is 2.34. The van der Waals surface area contributed by atoms with Crippen LogP contribution in [0.5, 0.6) is 0 Å². The normalized spacial score (nSPS) is 20.5. The van der Waals surface area contributed by atoms with E-state index in [0.717, 1.165) is 61.3 Å². The van der Waals surface area contributed by atoms with Crippen LogP contribution in [-0.4, -0.2) is 24.4 Å². The van der Waals surface area contributed by atoms with Crippen molar-refractivity contribution in [2.24, 2.45) is 11.8 Å². The molecule has 2 fully saturated rings. The SMILES string of the molecule is O=C(NCC1CC1)c1c(NC(=O)C2CC2)sc2c1CC(NCc1ccccc1)CC2. The van der Waals surface area contributed by atoms with Gasteiger partial charge in [-0.1, -0.05) is 30.3 Å². The minimum atomic E-state index is -0.0193. The number of anilines is 1. The molecule has 30 heavy (non-hydrogen) atoms. The summed E-state index contributed by atoms with van der Waals surface area (Å²) in [6, 6.07) is 10.8. The van der Waals surface area contributed by atoms with Crippen LogP contribution in [0.4, 0.5) is 5.00 Å². The molecule has 0 radical (unpaired) electrons. The van der Waals surface area contributed by atoms with Crippen molar-refractivity contribution >= 4 is 28.2 Å². The molecule has 3 N–H and O–H groups in total. The maximum Gasteiger partial charge on any atom is 0.254 e. The van der Waals surface area contributed by atoms with Crippen molar-refractivity contribution in [1.82, 2.24) is 10.6 Å². The zero-order valence-corrected chi connectivity index (χ0v) is 18.0. The van der Waals surface area contributed by atoms with Gasteiger partial charge in [-0.25, -0.2) is 0 Å². The highest BCUT2D eigenvalue weighted by molar-refractivity contribution is 7.17. The molecule has 2 saturated carbocycles. The Balaban J connectivity index is 1.33. The fourth-order valence-corrected chi connectivity index (χ4v) is 5.40. The molecule has 5 nitrogen and oxygen atoms in total. The number of nitrogens with one attached hydrogen (secondary N) is 3. The zero-order valence-electron chi connectivity index (χ0n) is 17.2. The van der Waals surface area contributed by atoms with Crippen LogP contribution in [0.1, 0.15) is 58.5 Å². The Kier molecular flexibility index (Phi) is 5.61. The van der Waals surface area contributed by atoms with E-state index >= 15 is 0 Å². The Labute approximate surface area is 181 Å². The van der Waals surface area contributed by atoms with Crippen molar-refractivity contribution in [3.8, 4) is 0 Å². The quantitative estimate of drug-likeness (QED) is 0.603. The first kappa shape index (κ1) is 19.8. The van der Waals surface area contributed by atoms with Crippen molar-refractivity contribution in [3.63, 3.8) is 0 Å². The summed E-state index contributed by atoms with van der Waals surface area (Å²) in [6.07, 6.45) is 7.19. The lowest BCUT2D eigenvalue weighted by Gasteiger charge is -2.24. The zero-order chi connectivity index (χ0) is 20.5. The molecule has 158 valence electrons. The van der Waals surface area contributed by atoms with Gasteiger partial charge in [-0.2, -0.15) is 0 Å². The number of carbonyl (C=O) groups is 2. The third-order valence-corrected chi connectivity index (χ3v) is 7.57. The van der Waals surface area contributed by atoms with E-state index in [1.165, 1.54) is 23.3 Å². The number of aryl methyl sites for hydroxylation is 1. The lowest BCUT2D eigenvalue weighted by molar-refractivity contribution is -0.117. The van der Waals surface area contributed by atoms with Gasteiger partial charge >= 0.3 is 0 Å². The monoisotopic (exact) mass is 423 g/mol. The lowest BCUT2D eigenvalue weighted by atomic mass is 9.91. The van der Waals surface area contributed by atoms with Crippen LogP contribution < -0.4 is 16.0 Å². The van der Waals surface area contributed by atoms with Crippen molar-refractivity contribution in [2.75, 3.05) is 11.9 Å². The van der Waals surface area contributed by atoms with Gasteiger partial charge in [0.15, 0.2) is 0 Å². The van der Waals surface area contributed by atoms with Gasteiger partial charge in [0.1, 0.15) is 5.00 Å². The van der Waals surface area contributed by atoms with Gasteiger partial charge in [-0.15, -0.1) is 11.3 Å².